The fourth-order valence-electron chi connectivity index (χ4n) is 1.69. The van der Waals surface area contributed by atoms with Gasteiger partial charge in [0.2, 0.25) is 0 Å². The molecule has 1 heterocycles. The number of hydrogen-bond acceptors (Lipinski definition) is 5. The van der Waals surface area contributed by atoms with Gasteiger partial charge in [-0.05, 0) is 18.2 Å². The Labute approximate surface area is 119 Å². The maximum atomic E-state index is 12.7. The number of carbonyl (C=O) groups excluding carboxylic acids is 1. The second-order valence-electron chi connectivity index (χ2n) is 4.05. The molecule has 8 heteroatoms. The first-order valence-corrected chi connectivity index (χ1v) is 5.90. The molecule has 7 nitrogen and oxygen atoms in total. The minimum atomic E-state index is -0.591. The first-order chi connectivity index (χ1) is 10.0. The molecule has 0 atom stereocenters. The van der Waals surface area contributed by atoms with E-state index < -0.39 is 16.6 Å². The number of nitrogens with zero attached hydrogens (tertiary/aromatic N) is 2. The van der Waals surface area contributed by atoms with Crippen molar-refractivity contribution in [2.75, 3.05) is 17.7 Å². The van der Waals surface area contributed by atoms with Crippen LogP contribution < -0.4 is 10.6 Å². The van der Waals surface area contributed by atoms with Crippen molar-refractivity contribution in [2.45, 2.75) is 0 Å². The molecule has 1 amide bonds. The van der Waals surface area contributed by atoms with Crippen molar-refractivity contribution in [3.05, 3.63) is 58.0 Å². The van der Waals surface area contributed by atoms with Crippen molar-refractivity contribution in [1.82, 2.24) is 4.98 Å². The van der Waals surface area contributed by atoms with E-state index in [2.05, 4.69) is 15.6 Å². The summed E-state index contributed by atoms with van der Waals surface area (Å²) in [5, 5.41) is 16.0. The van der Waals surface area contributed by atoms with Crippen LogP contribution in [0.2, 0.25) is 0 Å². The Balaban J connectivity index is 2.30. The number of non-ortho nitro benzene ring substituents is 1. The number of aromatic nitrogens is 1. The Kier molecular flexibility index (Phi) is 4.07. The Bertz CT molecular complexity index is 688. The summed E-state index contributed by atoms with van der Waals surface area (Å²) < 4.78 is 12.7. The number of carbonyl (C=O) groups is 1. The van der Waals surface area contributed by atoms with Gasteiger partial charge in [-0.15, -0.1) is 0 Å². The van der Waals surface area contributed by atoms with E-state index in [1.165, 1.54) is 18.2 Å². The number of nitrogens with one attached hydrogen (secondary N) is 2. The fourth-order valence-corrected chi connectivity index (χ4v) is 1.69. The number of amides is 1. The van der Waals surface area contributed by atoms with Gasteiger partial charge in [-0.3, -0.25) is 14.9 Å². The maximum absolute atomic E-state index is 12.7. The zero-order valence-corrected chi connectivity index (χ0v) is 11.0. The lowest BCUT2D eigenvalue weighted by Gasteiger charge is -2.09. The highest BCUT2D eigenvalue weighted by Crippen LogP contribution is 2.22. The molecule has 108 valence electrons. The molecule has 0 fully saturated rings. The molecule has 2 N–H and O–H groups in total. The van der Waals surface area contributed by atoms with Crippen LogP contribution in [0.25, 0.3) is 0 Å². The van der Waals surface area contributed by atoms with Crippen LogP contribution in [0.4, 0.5) is 21.6 Å². The summed E-state index contributed by atoms with van der Waals surface area (Å²) in [6, 6.07) is 6.33. The summed E-state index contributed by atoms with van der Waals surface area (Å²) in [5.74, 6) is -0.962. The van der Waals surface area contributed by atoms with Crippen molar-refractivity contribution in [2.24, 2.45) is 0 Å². The molecule has 0 saturated heterocycles. The van der Waals surface area contributed by atoms with Gasteiger partial charge in [0.15, 0.2) is 0 Å². The van der Waals surface area contributed by atoms with Crippen molar-refractivity contribution in [3.8, 4) is 0 Å². The van der Waals surface area contributed by atoms with Crippen LogP contribution in [-0.4, -0.2) is 22.9 Å². The quantitative estimate of drug-likeness (QED) is 0.665. The SMILES string of the molecule is CNc1ccc([N+](=O)[O-])cc1C(=O)Nc1ccc(F)cn1. The van der Waals surface area contributed by atoms with E-state index in [0.717, 1.165) is 18.3 Å². The van der Waals surface area contributed by atoms with Crippen molar-refractivity contribution in [3.63, 3.8) is 0 Å². The molecule has 2 rings (SSSR count). The van der Waals surface area contributed by atoms with E-state index in [0.29, 0.717) is 5.69 Å². The highest BCUT2D eigenvalue weighted by Gasteiger charge is 2.16. The predicted octanol–water partition coefficient (Wildman–Crippen LogP) is 2.42. The van der Waals surface area contributed by atoms with Gasteiger partial charge in [-0.25, -0.2) is 9.37 Å². The van der Waals surface area contributed by atoms with E-state index in [1.807, 2.05) is 0 Å². The molecule has 1 aromatic heterocycles. The summed E-state index contributed by atoms with van der Waals surface area (Å²) in [4.78, 5) is 26.0. The lowest BCUT2D eigenvalue weighted by molar-refractivity contribution is -0.384. The monoisotopic (exact) mass is 290 g/mol. The normalized spacial score (nSPS) is 10.0. The fraction of sp³-hybridized carbons (Fsp3) is 0.0769. The van der Waals surface area contributed by atoms with Crippen LogP contribution >= 0.6 is 0 Å². The number of benzene rings is 1. The van der Waals surface area contributed by atoms with Gasteiger partial charge in [-0.1, -0.05) is 0 Å². The van der Waals surface area contributed by atoms with Gasteiger partial charge in [0.25, 0.3) is 11.6 Å². The Hall–Kier alpha value is -3.03. The van der Waals surface area contributed by atoms with Crippen LogP contribution in [0.3, 0.4) is 0 Å². The van der Waals surface area contributed by atoms with Crippen LogP contribution in [0.15, 0.2) is 36.5 Å². The van der Waals surface area contributed by atoms with Gasteiger partial charge in [-0.2, -0.15) is 0 Å². The van der Waals surface area contributed by atoms with Crippen molar-refractivity contribution < 1.29 is 14.1 Å². The standard InChI is InChI=1S/C13H11FN4O3/c1-15-11-4-3-9(18(20)21)6-10(11)13(19)17-12-5-2-8(14)7-16-12/h2-7,15H,1H3,(H,16,17,19). The molecule has 1 aromatic carbocycles. The zero-order chi connectivity index (χ0) is 15.4. The molecule has 0 saturated carbocycles. The zero-order valence-electron chi connectivity index (χ0n) is 11.0. The number of rotatable bonds is 4. The van der Waals surface area contributed by atoms with Crippen LogP contribution in [0.5, 0.6) is 0 Å². The van der Waals surface area contributed by atoms with Gasteiger partial charge in [0.1, 0.15) is 11.6 Å². The van der Waals surface area contributed by atoms with Gasteiger partial charge >= 0.3 is 0 Å². The highest BCUT2D eigenvalue weighted by atomic mass is 19.1. The summed E-state index contributed by atoms with van der Waals surface area (Å²) in [6.45, 7) is 0. The van der Waals surface area contributed by atoms with Crippen LogP contribution in [0.1, 0.15) is 10.4 Å². The predicted molar refractivity (Wildman–Crippen MR) is 74.8 cm³/mol. The lowest BCUT2D eigenvalue weighted by atomic mass is 10.1. The third-order valence-corrected chi connectivity index (χ3v) is 2.70. The number of nitro benzene ring substituents is 1. The maximum Gasteiger partial charge on any atom is 0.270 e. The molecule has 0 aliphatic heterocycles. The average Bonchev–Trinajstić information content (AvgIpc) is 2.48. The summed E-state index contributed by atoms with van der Waals surface area (Å²) >= 11 is 0. The molecule has 21 heavy (non-hydrogen) atoms. The second-order valence-corrected chi connectivity index (χ2v) is 4.05. The number of pyridine rings is 1. The number of nitro groups is 1. The van der Waals surface area contributed by atoms with E-state index in [-0.39, 0.29) is 17.1 Å². The summed E-state index contributed by atoms with van der Waals surface area (Å²) in [5.41, 5.74) is 0.323. The number of anilines is 2. The third kappa shape index (κ3) is 3.30. The van der Waals surface area contributed by atoms with Crippen LogP contribution in [0, 0.1) is 15.9 Å². The van der Waals surface area contributed by atoms with Gasteiger partial charge in [0, 0.05) is 24.9 Å². The molecule has 0 spiro atoms. The topological polar surface area (TPSA) is 97.2 Å². The molecule has 0 bridgehead atoms. The molecule has 0 unspecified atom stereocenters. The molecule has 0 aliphatic rings. The number of hydrogen-bond donors (Lipinski definition) is 2. The van der Waals surface area contributed by atoms with E-state index >= 15 is 0 Å². The smallest absolute Gasteiger partial charge is 0.270 e. The second kappa shape index (κ2) is 5.95. The molecule has 0 aliphatic carbocycles. The average molecular weight is 290 g/mol. The minimum Gasteiger partial charge on any atom is -0.387 e. The third-order valence-electron chi connectivity index (χ3n) is 2.70. The summed E-state index contributed by atoms with van der Waals surface area (Å²) in [6.07, 6.45) is 0.960. The minimum absolute atomic E-state index is 0.0952. The van der Waals surface area contributed by atoms with Crippen LogP contribution in [-0.2, 0) is 0 Å². The molecule has 0 radical (unpaired) electrons. The van der Waals surface area contributed by atoms with E-state index in [9.17, 15) is 19.3 Å². The Morgan fingerprint density at radius 3 is 2.67 bits per heavy atom. The van der Waals surface area contributed by atoms with Gasteiger partial charge in [0.05, 0.1) is 16.7 Å². The highest BCUT2D eigenvalue weighted by molar-refractivity contribution is 6.08. The molecule has 2 aromatic rings. The number of halogens is 1. The molecular weight excluding hydrogens is 279 g/mol. The lowest BCUT2D eigenvalue weighted by Crippen LogP contribution is -2.15. The van der Waals surface area contributed by atoms with Gasteiger partial charge < -0.3 is 10.6 Å². The first-order valence-electron chi connectivity index (χ1n) is 5.90. The van der Waals surface area contributed by atoms with Crippen molar-refractivity contribution in [1.29, 1.82) is 0 Å². The molecular formula is C13H11FN4O3. The van der Waals surface area contributed by atoms with E-state index in [1.54, 1.807) is 7.05 Å². The first kappa shape index (κ1) is 14.4. The van der Waals surface area contributed by atoms with E-state index in [4.69, 9.17) is 0 Å². The Morgan fingerprint density at radius 1 is 1.33 bits per heavy atom. The van der Waals surface area contributed by atoms with Crippen molar-refractivity contribution >= 4 is 23.1 Å². The largest absolute Gasteiger partial charge is 0.387 e. The summed E-state index contributed by atoms with van der Waals surface area (Å²) in [7, 11) is 1.59. The Morgan fingerprint density at radius 2 is 2.10 bits per heavy atom.